The van der Waals surface area contributed by atoms with Crippen LogP contribution in [0.15, 0.2) is 54.9 Å². The van der Waals surface area contributed by atoms with Gasteiger partial charge in [0, 0.05) is 42.0 Å². The van der Waals surface area contributed by atoms with E-state index in [1.165, 1.54) is 0 Å². The minimum absolute atomic E-state index is 0.126. The van der Waals surface area contributed by atoms with E-state index >= 15 is 0 Å². The first-order chi connectivity index (χ1) is 14.7. The van der Waals surface area contributed by atoms with Crippen LogP contribution in [0.5, 0.6) is 0 Å². The number of benzene rings is 2. The first-order valence-corrected chi connectivity index (χ1v) is 10.0. The lowest BCUT2D eigenvalue weighted by Gasteiger charge is -2.11. The van der Waals surface area contributed by atoms with Crippen LogP contribution in [-0.4, -0.2) is 43.3 Å². The van der Waals surface area contributed by atoms with E-state index in [0.717, 1.165) is 49.6 Å². The van der Waals surface area contributed by atoms with Crippen LogP contribution in [0.1, 0.15) is 6.42 Å². The number of hydrogen-bond acceptors (Lipinski definition) is 6. The Morgan fingerprint density at radius 1 is 0.867 bits per heavy atom. The number of anilines is 1. The summed E-state index contributed by atoms with van der Waals surface area (Å²) in [5, 5.41) is 17.5. The molecule has 0 spiro atoms. The highest BCUT2D eigenvalue weighted by Crippen LogP contribution is 2.32. The summed E-state index contributed by atoms with van der Waals surface area (Å²) in [6, 6.07) is 13.6. The average molecular weight is 414 g/mol. The zero-order valence-corrected chi connectivity index (χ0v) is 16.8. The Hall–Kier alpha value is -3.49. The maximum absolute atomic E-state index is 8.89. The molecular formula is C22H18N6OS. The Bertz CT molecular complexity index is 1420. The maximum atomic E-state index is 8.89. The Labute approximate surface area is 177 Å². The number of pyridine rings is 2. The van der Waals surface area contributed by atoms with Gasteiger partial charge in [0.1, 0.15) is 0 Å². The third-order valence-electron chi connectivity index (χ3n) is 4.89. The summed E-state index contributed by atoms with van der Waals surface area (Å²) in [4.78, 5) is 18.9. The van der Waals surface area contributed by atoms with E-state index in [4.69, 9.17) is 27.3 Å². The van der Waals surface area contributed by atoms with Crippen LogP contribution in [0.3, 0.4) is 0 Å². The highest BCUT2D eigenvalue weighted by Gasteiger charge is 2.13. The third kappa shape index (κ3) is 3.26. The molecule has 5 rings (SSSR count). The topological polar surface area (TPSA) is 95.8 Å². The lowest BCUT2D eigenvalue weighted by molar-refractivity contribution is 0.289. The number of thiocarbonyl (C=S) groups is 1. The Morgan fingerprint density at radius 2 is 1.53 bits per heavy atom. The van der Waals surface area contributed by atoms with E-state index in [-0.39, 0.29) is 6.61 Å². The van der Waals surface area contributed by atoms with Crippen LogP contribution in [0.2, 0.25) is 0 Å². The van der Waals surface area contributed by atoms with Gasteiger partial charge in [-0.1, -0.05) is 0 Å². The number of nitrogens with zero attached hydrogens (tertiary/aromatic N) is 4. The second-order valence-electron chi connectivity index (χ2n) is 6.88. The van der Waals surface area contributed by atoms with Crippen molar-refractivity contribution in [2.45, 2.75) is 6.42 Å². The zero-order chi connectivity index (χ0) is 20.5. The van der Waals surface area contributed by atoms with E-state index in [0.29, 0.717) is 18.1 Å². The molecule has 0 bridgehead atoms. The molecule has 0 unspecified atom stereocenters. The Morgan fingerprint density at radius 3 is 2.20 bits per heavy atom. The molecule has 0 saturated carbocycles. The van der Waals surface area contributed by atoms with E-state index in [2.05, 4.69) is 20.6 Å². The van der Waals surface area contributed by atoms with Gasteiger partial charge in [-0.2, -0.15) is 0 Å². The van der Waals surface area contributed by atoms with Gasteiger partial charge in [-0.3, -0.25) is 9.97 Å². The summed E-state index contributed by atoms with van der Waals surface area (Å²) in [5.74, 6) is 0. The zero-order valence-electron chi connectivity index (χ0n) is 16.0. The van der Waals surface area contributed by atoms with Gasteiger partial charge in [-0.05, 0) is 61.1 Å². The molecule has 0 atom stereocenters. The quantitative estimate of drug-likeness (QED) is 0.178. The van der Waals surface area contributed by atoms with Crippen molar-refractivity contribution in [2.75, 3.05) is 18.5 Å². The molecule has 148 valence electrons. The van der Waals surface area contributed by atoms with Crippen LogP contribution < -0.4 is 10.6 Å². The van der Waals surface area contributed by atoms with Crippen molar-refractivity contribution in [2.24, 2.45) is 0 Å². The van der Waals surface area contributed by atoms with Gasteiger partial charge in [-0.25, -0.2) is 9.97 Å². The van der Waals surface area contributed by atoms with Gasteiger partial charge in [0.05, 0.1) is 33.1 Å². The maximum Gasteiger partial charge on any atom is 0.170 e. The van der Waals surface area contributed by atoms with Gasteiger partial charge < -0.3 is 15.7 Å². The number of aliphatic hydroxyl groups is 1. The van der Waals surface area contributed by atoms with Crippen molar-refractivity contribution in [3.63, 3.8) is 0 Å². The van der Waals surface area contributed by atoms with Crippen LogP contribution in [0.25, 0.3) is 43.9 Å². The van der Waals surface area contributed by atoms with E-state index in [9.17, 15) is 0 Å². The molecule has 0 saturated heterocycles. The number of nitrogens with one attached hydrogen (secondary N) is 2. The SMILES string of the molecule is OCCCNC(=S)Nc1ccc2nc3c4cccnc4c4ncccc4c3nc2c1. The molecule has 2 aromatic carbocycles. The van der Waals surface area contributed by atoms with E-state index < -0.39 is 0 Å². The Balaban J connectivity index is 1.65. The lowest BCUT2D eigenvalue weighted by atomic mass is 10.1. The first kappa shape index (κ1) is 18.5. The number of aromatic nitrogens is 4. The summed E-state index contributed by atoms with van der Waals surface area (Å²) in [6.45, 7) is 0.738. The standard InChI is InChI=1S/C22H18N6OS/c29-11-3-10-25-22(30)26-13-6-7-16-17(12-13)28-21-15-5-2-9-24-19(15)18-14(20(21)27-16)4-1-8-23-18/h1-2,4-9,12,29H,3,10-11H2,(H2,25,26,30). The summed E-state index contributed by atoms with van der Waals surface area (Å²) < 4.78 is 0. The number of hydrogen-bond donors (Lipinski definition) is 3. The van der Waals surface area contributed by atoms with Gasteiger partial charge in [0.25, 0.3) is 0 Å². The molecule has 0 amide bonds. The molecule has 7 nitrogen and oxygen atoms in total. The summed E-state index contributed by atoms with van der Waals surface area (Å²) in [6.07, 6.45) is 4.18. The number of aliphatic hydroxyl groups excluding tert-OH is 1. The van der Waals surface area contributed by atoms with E-state index in [1.54, 1.807) is 12.4 Å². The van der Waals surface area contributed by atoms with E-state index in [1.807, 2.05) is 42.5 Å². The molecule has 3 aromatic heterocycles. The van der Waals surface area contributed by atoms with Crippen molar-refractivity contribution in [1.82, 2.24) is 25.3 Å². The van der Waals surface area contributed by atoms with Crippen LogP contribution >= 0.6 is 12.2 Å². The molecule has 0 aliphatic heterocycles. The molecule has 30 heavy (non-hydrogen) atoms. The van der Waals surface area contributed by atoms with Crippen molar-refractivity contribution in [1.29, 1.82) is 0 Å². The van der Waals surface area contributed by atoms with Gasteiger partial charge in [0.2, 0.25) is 0 Å². The second kappa shape index (κ2) is 7.74. The number of rotatable bonds is 4. The molecule has 3 heterocycles. The van der Waals surface area contributed by atoms with Crippen LogP contribution in [-0.2, 0) is 0 Å². The predicted octanol–water partition coefficient (Wildman–Crippen LogP) is 3.55. The van der Waals surface area contributed by atoms with Crippen molar-refractivity contribution in [3.8, 4) is 0 Å². The molecule has 8 heteroatoms. The molecule has 5 aromatic rings. The lowest BCUT2D eigenvalue weighted by Crippen LogP contribution is -2.29. The highest BCUT2D eigenvalue weighted by atomic mass is 32.1. The fourth-order valence-corrected chi connectivity index (χ4v) is 3.75. The monoisotopic (exact) mass is 414 g/mol. The van der Waals surface area contributed by atoms with Gasteiger partial charge >= 0.3 is 0 Å². The van der Waals surface area contributed by atoms with Crippen molar-refractivity contribution < 1.29 is 5.11 Å². The second-order valence-corrected chi connectivity index (χ2v) is 7.29. The fraction of sp³-hybridized carbons (Fsp3) is 0.136. The van der Waals surface area contributed by atoms with Crippen molar-refractivity contribution in [3.05, 3.63) is 54.9 Å². The summed E-state index contributed by atoms with van der Waals surface area (Å²) >= 11 is 5.31. The molecule has 0 aliphatic carbocycles. The highest BCUT2D eigenvalue weighted by molar-refractivity contribution is 7.80. The minimum atomic E-state index is 0.126. The average Bonchev–Trinajstić information content (AvgIpc) is 2.78. The third-order valence-corrected chi connectivity index (χ3v) is 5.14. The summed E-state index contributed by atoms with van der Waals surface area (Å²) in [7, 11) is 0. The van der Waals surface area contributed by atoms with Crippen LogP contribution in [0, 0.1) is 0 Å². The molecule has 0 fully saturated rings. The molecule has 3 N–H and O–H groups in total. The smallest absolute Gasteiger partial charge is 0.170 e. The van der Waals surface area contributed by atoms with Gasteiger partial charge in [0.15, 0.2) is 5.11 Å². The van der Waals surface area contributed by atoms with Gasteiger partial charge in [-0.15, -0.1) is 0 Å². The first-order valence-electron chi connectivity index (χ1n) is 9.63. The molecule has 0 aliphatic rings. The number of fused-ring (bicyclic) bond motifs is 7. The molecular weight excluding hydrogens is 396 g/mol. The van der Waals surface area contributed by atoms with Crippen LogP contribution in [0.4, 0.5) is 5.69 Å². The fourth-order valence-electron chi connectivity index (χ4n) is 3.53. The predicted molar refractivity (Wildman–Crippen MR) is 124 cm³/mol. The van der Waals surface area contributed by atoms with Crippen molar-refractivity contribution >= 4 is 66.9 Å². The normalized spacial score (nSPS) is 11.4. The minimum Gasteiger partial charge on any atom is -0.396 e. The Kier molecular flexibility index (Phi) is 4.78. The largest absolute Gasteiger partial charge is 0.396 e. The molecule has 0 radical (unpaired) electrons. The summed E-state index contributed by atoms with van der Waals surface area (Å²) in [5.41, 5.74) is 5.63.